The molecule has 0 bridgehead atoms. The molecule has 2 saturated carbocycles. The summed E-state index contributed by atoms with van der Waals surface area (Å²) in [5.74, 6) is 1.51. The third-order valence-corrected chi connectivity index (χ3v) is 7.63. The molecule has 1 aromatic carbocycles. The molecule has 2 aliphatic carbocycles. The zero-order valence-corrected chi connectivity index (χ0v) is 18.5. The second-order valence-electron chi connectivity index (χ2n) is 8.69. The molecule has 3 aromatic heterocycles. The van der Waals surface area contributed by atoms with Crippen molar-refractivity contribution in [2.75, 3.05) is 18.1 Å². The smallest absolute Gasteiger partial charge is 0.145 e. The number of rotatable bonds is 4. The number of aromatic nitrogens is 4. The fourth-order valence-corrected chi connectivity index (χ4v) is 5.54. The van der Waals surface area contributed by atoms with Crippen molar-refractivity contribution in [2.24, 2.45) is 11.3 Å². The number of nitrogens with two attached hydrogens (primary N) is 2. The Bertz CT molecular complexity index is 1380. The van der Waals surface area contributed by atoms with E-state index in [1.54, 1.807) is 0 Å². The minimum Gasteiger partial charge on any atom is -0.493 e. The van der Waals surface area contributed by atoms with Crippen molar-refractivity contribution in [3.05, 3.63) is 47.3 Å². The number of nitrogen functional groups attached to an aromatic ring is 2. The first kappa shape index (κ1) is 19.7. The van der Waals surface area contributed by atoms with E-state index in [1.807, 2.05) is 41.1 Å². The summed E-state index contributed by atoms with van der Waals surface area (Å²) in [7, 11) is 0. The number of ether oxygens (including phenoxy) is 1. The van der Waals surface area contributed by atoms with Crippen LogP contribution in [0.2, 0.25) is 0 Å². The van der Waals surface area contributed by atoms with Crippen LogP contribution in [0.5, 0.6) is 5.75 Å². The van der Waals surface area contributed by atoms with Gasteiger partial charge in [0.1, 0.15) is 35.5 Å². The maximum absolute atomic E-state index is 10.9. The number of aliphatic hydroxyl groups excluding tert-OH is 2. The second kappa shape index (κ2) is 6.77. The number of nitrogens with zero attached hydrogens (tertiary/aromatic N) is 4. The van der Waals surface area contributed by atoms with Gasteiger partial charge >= 0.3 is 0 Å². The molecule has 6 rings (SSSR count). The van der Waals surface area contributed by atoms with Crippen LogP contribution in [0.1, 0.15) is 12.5 Å². The van der Waals surface area contributed by atoms with E-state index in [-0.39, 0.29) is 12.0 Å². The van der Waals surface area contributed by atoms with E-state index < -0.39 is 17.6 Å². The molecule has 10 heteroatoms. The average molecular weight is 497 g/mol. The quantitative estimate of drug-likeness (QED) is 0.336. The summed E-state index contributed by atoms with van der Waals surface area (Å²) >= 11 is 3.39. The maximum Gasteiger partial charge on any atom is 0.145 e. The molecule has 0 spiro atoms. The summed E-state index contributed by atoms with van der Waals surface area (Å²) in [5, 5.41) is 23.5. The number of anilines is 2. The van der Waals surface area contributed by atoms with Gasteiger partial charge in [-0.25, -0.2) is 15.0 Å². The topological polar surface area (TPSA) is 145 Å². The van der Waals surface area contributed by atoms with Crippen LogP contribution in [0.4, 0.5) is 11.6 Å². The van der Waals surface area contributed by atoms with Crippen molar-refractivity contribution < 1.29 is 14.9 Å². The van der Waals surface area contributed by atoms with E-state index in [4.69, 9.17) is 16.2 Å². The Labute approximate surface area is 191 Å². The monoisotopic (exact) mass is 496 g/mol. The molecular weight excluding hydrogens is 476 g/mol. The zero-order valence-electron chi connectivity index (χ0n) is 16.9. The largest absolute Gasteiger partial charge is 0.493 e. The van der Waals surface area contributed by atoms with Crippen LogP contribution in [0.3, 0.4) is 0 Å². The Morgan fingerprint density at radius 1 is 1.16 bits per heavy atom. The highest BCUT2D eigenvalue weighted by Gasteiger charge is 2.72. The standard InChI is InChI=1S/C22H21BrN6O3/c23-14-5-10-1-2-11(6-15(10)28-20(14)25)32-8-22-7-13(22)16(17(30)18(22)31)29-4-3-12-19(24)26-9-27-21(12)29/h1-6,9,13,16-18,30-31H,7-8H2,(H2,25,28)(H2,24,26,27)/t13-,16-,17+,18+,22+/m1/s1. The van der Waals surface area contributed by atoms with Gasteiger partial charge in [-0.15, -0.1) is 0 Å². The van der Waals surface area contributed by atoms with Crippen LogP contribution in [-0.4, -0.2) is 48.5 Å². The Kier molecular flexibility index (Phi) is 4.17. The second-order valence-corrected chi connectivity index (χ2v) is 9.54. The lowest BCUT2D eigenvalue weighted by molar-refractivity contribution is -0.0273. The first-order valence-electron chi connectivity index (χ1n) is 10.3. The molecular formula is C22H21BrN6O3. The molecule has 9 nitrogen and oxygen atoms in total. The van der Waals surface area contributed by atoms with Gasteiger partial charge < -0.3 is 31.0 Å². The highest BCUT2D eigenvalue weighted by Crippen LogP contribution is 2.67. The predicted molar refractivity (Wildman–Crippen MR) is 123 cm³/mol. The SMILES string of the molecule is Nc1nc2cc(OC[C@@]34C[C@@H]3[C@@H](n3ccc5c(N)ncnc53)[C@H](O)[C@@H]4O)ccc2cc1Br. The fraction of sp³-hybridized carbons (Fsp3) is 0.318. The minimum atomic E-state index is -0.931. The highest BCUT2D eigenvalue weighted by molar-refractivity contribution is 9.10. The van der Waals surface area contributed by atoms with Crippen molar-refractivity contribution in [3.8, 4) is 5.75 Å². The molecule has 3 heterocycles. The molecule has 0 amide bonds. The van der Waals surface area contributed by atoms with Crippen LogP contribution >= 0.6 is 15.9 Å². The van der Waals surface area contributed by atoms with E-state index in [1.165, 1.54) is 6.33 Å². The molecule has 4 aromatic rings. The first-order valence-corrected chi connectivity index (χ1v) is 11.1. The number of hydrogen-bond acceptors (Lipinski definition) is 8. The molecule has 0 radical (unpaired) electrons. The average Bonchev–Trinajstić information content (AvgIpc) is 3.27. The molecule has 5 atom stereocenters. The van der Waals surface area contributed by atoms with Crippen LogP contribution in [0.15, 0.2) is 47.3 Å². The Morgan fingerprint density at radius 2 is 2.00 bits per heavy atom. The van der Waals surface area contributed by atoms with Crippen LogP contribution in [-0.2, 0) is 0 Å². The lowest BCUT2D eigenvalue weighted by atomic mass is 10.0. The summed E-state index contributed by atoms with van der Waals surface area (Å²) < 4.78 is 8.74. The van der Waals surface area contributed by atoms with E-state index in [0.29, 0.717) is 29.6 Å². The van der Waals surface area contributed by atoms with Gasteiger partial charge in [-0.1, -0.05) is 0 Å². The number of halogens is 1. The van der Waals surface area contributed by atoms with E-state index >= 15 is 0 Å². The van der Waals surface area contributed by atoms with Crippen molar-refractivity contribution in [1.82, 2.24) is 19.5 Å². The molecule has 0 unspecified atom stereocenters. The molecule has 2 aliphatic rings. The number of benzene rings is 1. The molecule has 32 heavy (non-hydrogen) atoms. The number of fused-ring (bicyclic) bond motifs is 3. The zero-order chi connectivity index (χ0) is 22.2. The molecule has 0 aliphatic heterocycles. The van der Waals surface area contributed by atoms with E-state index in [0.717, 1.165) is 27.2 Å². The van der Waals surface area contributed by atoms with Crippen LogP contribution in [0, 0.1) is 11.3 Å². The Morgan fingerprint density at radius 3 is 2.84 bits per heavy atom. The summed E-state index contributed by atoms with van der Waals surface area (Å²) in [6.45, 7) is 0.292. The van der Waals surface area contributed by atoms with Crippen molar-refractivity contribution in [2.45, 2.75) is 24.7 Å². The van der Waals surface area contributed by atoms with Gasteiger partial charge in [0.2, 0.25) is 0 Å². The molecule has 164 valence electrons. The number of aliphatic hydroxyl groups is 2. The van der Waals surface area contributed by atoms with Crippen molar-refractivity contribution >= 4 is 49.5 Å². The van der Waals surface area contributed by atoms with E-state index in [9.17, 15) is 10.2 Å². The van der Waals surface area contributed by atoms with Crippen LogP contribution < -0.4 is 16.2 Å². The van der Waals surface area contributed by atoms with Crippen LogP contribution in [0.25, 0.3) is 21.9 Å². The van der Waals surface area contributed by atoms with Gasteiger partial charge in [0.25, 0.3) is 0 Å². The van der Waals surface area contributed by atoms with Gasteiger partial charge in [0.15, 0.2) is 0 Å². The Hall–Kier alpha value is -2.95. The normalized spacial score (nSPS) is 28.8. The molecule has 0 saturated heterocycles. The lowest BCUT2D eigenvalue weighted by Crippen LogP contribution is -2.36. The highest BCUT2D eigenvalue weighted by atomic mass is 79.9. The van der Waals surface area contributed by atoms with Gasteiger partial charge in [-0.2, -0.15) is 0 Å². The summed E-state index contributed by atoms with van der Waals surface area (Å²) in [4.78, 5) is 12.8. The molecule has 2 fully saturated rings. The number of pyridine rings is 1. The minimum absolute atomic E-state index is 0.0597. The van der Waals surface area contributed by atoms with Gasteiger partial charge in [0, 0.05) is 23.1 Å². The van der Waals surface area contributed by atoms with Crippen molar-refractivity contribution in [1.29, 1.82) is 0 Å². The molecule has 6 N–H and O–H groups in total. The predicted octanol–water partition coefficient (Wildman–Crippen LogP) is 2.27. The summed E-state index contributed by atoms with van der Waals surface area (Å²) in [6.07, 6.45) is 2.18. The Balaban J connectivity index is 1.26. The first-order chi connectivity index (χ1) is 15.4. The lowest BCUT2D eigenvalue weighted by Gasteiger charge is -2.24. The number of hydrogen-bond donors (Lipinski definition) is 4. The third-order valence-electron chi connectivity index (χ3n) is 6.99. The van der Waals surface area contributed by atoms with Gasteiger partial charge in [-0.3, -0.25) is 0 Å². The summed E-state index contributed by atoms with van der Waals surface area (Å²) in [6, 6.07) is 9.07. The maximum atomic E-state index is 10.9. The van der Waals surface area contributed by atoms with Crippen molar-refractivity contribution in [3.63, 3.8) is 0 Å². The third kappa shape index (κ3) is 2.73. The summed E-state index contributed by atoms with van der Waals surface area (Å²) in [5.41, 5.74) is 12.7. The fourth-order valence-electron chi connectivity index (χ4n) is 5.20. The van der Waals surface area contributed by atoms with E-state index in [2.05, 4.69) is 30.9 Å². The van der Waals surface area contributed by atoms with Gasteiger partial charge in [0.05, 0.1) is 34.1 Å². The van der Waals surface area contributed by atoms with Gasteiger partial charge in [-0.05, 0) is 52.5 Å².